The Bertz CT molecular complexity index is 660. The summed E-state index contributed by atoms with van der Waals surface area (Å²) in [5.41, 5.74) is 3.87. The first-order valence-corrected chi connectivity index (χ1v) is 7.44. The van der Waals surface area contributed by atoms with Gasteiger partial charge in [-0.15, -0.1) is 0 Å². The zero-order chi connectivity index (χ0) is 14.8. The first-order valence-electron chi connectivity index (χ1n) is 7.07. The zero-order valence-electron chi connectivity index (χ0n) is 12.3. The SMILES string of the molecule is COCc1nc(Cl)cc(N2CCCc3cc(C)ccc32)n1. The Morgan fingerprint density at radius 2 is 2.14 bits per heavy atom. The third kappa shape index (κ3) is 3.01. The number of hydrogen-bond acceptors (Lipinski definition) is 4. The van der Waals surface area contributed by atoms with Gasteiger partial charge in [0.05, 0.1) is 0 Å². The molecule has 0 amide bonds. The fourth-order valence-electron chi connectivity index (χ4n) is 2.75. The van der Waals surface area contributed by atoms with E-state index in [0.717, 1.165) is 25.2 Å². The predicted octanol–water partition coefficient (Wildman–Crippen LogP) is 3.67. The van der Waals surface area contributed by atoms with E-state index in [9.17, 15) is 0 Å². The van der Waals surface area contributed by atoms with Gasteiger partial charge in [0.2, 0.25) is 0 Å². The molecule has 0 saturated heterocycles. The average molecular weight is 304 g/mol. The molecule has 5 heteroatoms. The van der Waals surface area contributed by atoms with Crippen LogP contribution in [0.5, 0.6) is 0 Å². The van der Waals surface area contributed by atoms with Crippen molar-refractivity contribution >= 4 is 23.1 Å². The summed E-state index contributed by atoms with van der Waals surface area (Å²) in [6, 6.07) is 8.36. The van der Waals surface area contributed by atoms with Crippen molar-refractivity contribution in [3.05, 3.63) is 46.4 Å². The quantitative estimate of drug-likeness (QED) is 0.811. The van der Waals surface area contributed by atoms with Gasteiger partial charge in [0.15, 0.2) is 5.82 Å². The molecule has 0 fully saturated rings. The summed E-state index contributed by atoms with van der Waals surface area (Å²) in [6.45, 7) is 3.43. The first kappa shape index (κ1) is 14.3. The Kier molecular flexibility index (Phi) is 4.08. The Morgan fingerprint density at radius 3 is 2.95 bits per heavy atom. The maximum absolute atomic E-state index is 6.12. The van der Waals surface area contributed by atoms with Gasteiger partial charge in [0.1, 0.15) is 17.6 Å². The normalized spacial score (nSPS) is 14.1. The van der Waals surface area contributed by atoms with E-state index in [1.54, 1.807) is 7.11 Å². The summed E-state index contributed by atoms with van der Waals surface area (Å²) in [5, 5.41) is 0.450. The predicted molar refractivity (Wildman–Crippen MR) is 84.3 cm³/mol. The fourth-order valence-corrected chi connectivity index (χ4v) is 2.94. The Hall–Kier alpha value is -1.65. The molecule has 2 aromatic rings. The molecule has 110 valence electrons. The van der Waals surface area contributed by atoms with Gasteiger partial charge in [-0.05, 0) is 31.4 Å². The van der Waals surface area contributed by atoms with Crippen LogP contribution in [0.2, 0.25) is 5.15 Å². The fraction of sp³-hybridized carbons (Fsp3) is 0.375. The summed E-state index contributed by atoms with van der Waals surface area (Å²) in [6.07, 6.45) is 2.22. The molecular formula is C16H18ClN3O. The monoisotopic (exact) mass is 303 g/mol. The van der Waals surface area contributed by atoms with E-state index in [-0.39, 0.29) is 0 Å². The molecule has 0 saturated carbocycles. The van der Waals surface area contributed by atoms with Gasteiger partial charge >= 0.3 is 0 Å². The second kappa shape index (κ2) is 6.00. The van der Waals surface area contributed by atoms with Crippen LogP contribution in [0.15, 0.2) is 24.3 Å². The van der Waals surface area contributed by atoms with Crippen molar-refractivity contribution in [2.45, 2.75) is 26.4 Å². The highest BCUT2D eigenvalue weighted by Crippen LogP contribution is 2.33. The van der Waals surface area contributed by atoms with Crippen LogP contribution in [0, 0.1) is 6.92 Å². The number of ether oxygens (including phenoxy) is 1. The molecule has 0 aliphatic carbocycles. The highest BCUT2D eigenvalue weighted by atomic mass is 35.5. The minimum atomic E-state index is 0.363. The maximum Gasteiger partial charge on any atom is 0.158 e. The lowest BCUT2D eigenvalue weighted by molar-refractivity contribution is 0.178. The van der Waals surface area contributed by atoms with Crippen LogP contribution < -0.4 is 4.90 Å². The molecule has 1 aromatic carbocycles. The highest BCUT2D eigenvalue weighted by molar-refractivity contribution is 6.29. The second-order valence-corrected chi connectivity index (χ2v) is 5.67. The van der Waals surface area contributed by atoms with Gasteiger partial charge in [-0.3, -0.25) is 0 Å². The molecule has 21 heavy (non-hydrogen) atoms. The molecule has 1 aromatic heterocycles. The summed E-state index contributed by atoms with van der Waals surface area (Å²) in [7, 11) is 1.63. The van der Waals surface area contributed by atoms with Crippen LogP contribution in [0.4, 0.5) is 11.5 Å². The third-order valence-corrected chi connectivity index (χ3v) is 3.82. The summed E-state index contributed by atoms with van der Waals surface area (Å²) >= 11 is 6.12. The molecule has 0 radical (unpaired) electrons. The Morgan fingerprint density at radius 1 is 1.29 bits per heavy atom. The molecule has 0 atom stereocenters. The number of fused-ring (bicyclic) bond motifs is 1. The van der Waals surface area contributed by atoms with E-state index in [1.165, 1.54) is 16.8 Å². The molecule has 3 rings (SSSR count). The summed E-state index contributed by atoms with van der Waals surface area (Å²) in [4.78, 5) is 11.0. The van der Waals surface area contributed by atoms with Crippen LogP contribution in [0.1, 0.15) is 23.4 Å². The summed E-state index contributed by atoms with van der Waals surface area (Å²) in [5.74, 6) is 1.45. The number of rotatable bonds is 3. The number of aromatic nitrogens is 2. The third-order valence-electron chi connectivity index (χ3n) is 3.63. The van der Waals surface area contributed by atoms with E-state index in [1.807, 2.05) is 6.07 Å². The van der Waals surface area contributed by atoms with Crippen molar-refractivity contribution in [1.82, 2.24) is 9.97 Å². The van der Waals surface area contributed by atoms with Crippen LogP contribution in [0.3, 0.4) is 0 Å². The van der Waals surface area contributed by atoms with Crippen LogP contribution in [-0.4, -0.2) is 23.6 Å². The van der Waals surface area contributed by atoms with Crippen molar-refractivity contribution in [3.63, 3.8) is 0 Å². The topological polar surface area (TPSA) is 38.2 Å². The molecule has 2 heterocycles. The van der Waals surface area contributed by atoms with Crippen LogP contribution in [-0.2, 0) is 17.8 Å². The van der Waals surface area contributed by atoms with Crippen molar-refractivity contribution in [1.29, 1.82) is 0 Å². The number of hydrogen-bond donors (Lipinski definition) is 0. The minimum absolute atomic E-state index is 0.363. The van der Waals surface area contributed by atoms with Crippen molar-refractivity contribution in [2.24, 2.45) is 0 Å². The molecule has 1 aliphatic rings. The number of halogens is 1. The highest BCUT2D eigenvalue weighted by Gasteiger charge is 2.20. The van der Waals surface area contributed by atoms with Gasteiger partial charge in [-0.1, -0.05) is 29.3 Å². The van der Waals surface area contributed by atoms with E-state index >= 15 is 0 Å². The lowest BCUT2D eigenvalue weighted by Crippen LogP contribution is -2.26. The summed E-state index contributed by atoms with van der Waals surface area (Å²) < 4.78 is 5.11. The largest absolute Gasteiger partial charge is 0.377 e. The van der Waals surface area contributed by atoms with Gasteiger partial charge in [0.25, 0.3) is 0 Å². The van der Waals surface area contributed by atoms with Crippen molar-refractivity contribution in [3.8, 4) is 0 Å². The van der Waals surface area contributed by atoms with E-state index in [2.05, 4.69) is 40.0 Å². The Labute approximate surface area is 129 Å². The number of aryl methyl sites for hydroxylation is 2. The molecule has 0 spiro atoms. The van der Waals surface area contributed by atoms with E-state index in [4.69, 9.17) is 16.3 Å². The van der Waals surface area contributed by atoms with E-state index in [0.29, 0.717) is 17.6 Å². The van der Waals surface area contributed by atoms with Crippen molar-refractivity contribution < 1.29 is 4.74 Å². The van der Waals surface area contributed by atoms with Gasteiger partial charge < -0.3 is 9.64 Å². The van der Waals surface area contributed by atoms with Gasteiger partial charge in [0, 0.05) is 25.4 Å². The first-order chi connectivity index (χ1) is 10.2. The van der Waals surface area contributed by atoms with Gasteiger partial charge in [-0.25, -0.2) is 9.97 Å². The second-order valence-electron chi connectivity index (χ2n) is 5.29. The molecule has 0 unspecified atom stereocenters. The molecule has 1 aliphatic heterocycles. The van der Waals surface area contributed by atoms with E-state index < -0.39 is 0 Å². The average Bonchev–Trinajstić information content (AvgIpc) is 2.46. The molecule has 0 bridgehead atoms. The standard InChI is InChI=1S/C16H18ClN3O/c1-11-5-6-13-12(8-11)4-3-7-20(13)16-9-14(17)18-15(19-16)10-21-2/h5-6,8-9H,3-4,7,10H2,1-2H3. The smallest absolute Gasteiger partial charge is 0.158 e. The Balaban J connectivity index is 2.02. The minimum Gasteiger partial charge on any atom is -0.377 e. The molecular weight excluding hydrogens is 286 g/mol. The lowest BCUT2D eigenvalue weighted by atomic mass is 9.99. The van der Waals surface area contributed by atoms with Crippen molar-refractivity contribution in [2.75, 3.05) is 18.6 Å². The maximum atomic E-state index is 6.12. The van der Waals surface area contributed by atoms with Crippen LogP contribution >= 0.6 is 11.6 Å². The number of methoxy groups -OCH3 is 1. The number of nitrogens with zero attached hydrogens (tertiary/aromatic N) is 3. The van der Waals surface area contributed by atoms with Gasteiger partial charge in [-0.2, -0.15) is 0 Å². The molecule has 4 nitrogen and oxygen atoms in total. The number of anilines is 2. The number of benzene rings is 1. The van der Waals surface area contributed by atoms with Crippen LogP contribution in [0.25, 0.3) is 0 Å². The molecule has 0 N–H and O–H groups in total. The lowest BCUT2D eigenvalue weighted by Gasteiger charge is -2.31. The zero-order valence-corrected chi connectivity index (χ0v) is 13.0.